The first-order valence-corrected chi connectivity index (χ1v) is 6.72. The maximum absolute atomic E-state index is 10.6. The molecule has 0 radical (unpaired) electrons. The average molecular weight is 222 g/mol. The van der Waals surface area contributed by atoms with Crippen LogP contribution in [0.4, 0.5) is 0 Å². The Labute approximate surface area is 95.9 Å². The van der Waals surface area contributed by atoms with Gasteiger partial charge in [0.25, 0.3) is 0 Å². The smallest absolute Gasteiger partial charge is 0.102 e. The van der Waals surface area contributed by atoms with Crippen LogP contribution in [0.5, 0.6) is 0 Å². The molecule has 1 saturated heterocycles. The molecule has 0 aromatic heterocycles. The molecule has 1 aliphatic heterocycles. The molecule has 1 heterocycles. The van der Waals surface area contributed by atoms with Gasteiger partial charge in [-0.2, -0.15) is 11.8 Å². The van der Waals surface area contributed by atoms with Crippen LogP contribution in [0.25, 0.3) is 0 Å². The van der Waals surface area contributed by atoms with Crippen LogP contribution in [0.15, 0.2) is 24.3 Å². The molecular formula is C13H18OS. The lowest BCUT2D eigenvalue weighted by Gasteiger charge is -2.27. The van der Waals surface area contributed by atoms with Crippen molar-refractivity contribution in [1.82, 2.24) is 0 Å². The van der Waals surface area contributed by atoms with Crippen molar-refractivity contribution in [1.29, 1.82) is 0 Å². The van der Waals surface area contributed by atoms with Crippen LogP contribution in [0.2, 0.25) is 0 Å². The zero-order valence-corrected chi connectivity index (χ0v) is 10.2. The predicted octanol–water partition coefficient (Wildman–Crippen LogP) is 2.82. The molecule has 82 valence electrons. The molecule has 2 atom stereocenters. The highest BCUT2D eigenvalue weighted by molar-refractivity contribution is 7.99. The van der Waals surface area contributed by atoms with Gasteiger partial charge in [0, 0.05) is 5.75 Å². The summed E-state index contributed by atoms with van der Waals surface area (Å²) in [6, 6.07) is 8.43. The van der Waals surface area contributed by atoms with Gasteiger partial charge in [-0.25, -0.2) is 0 Å². The van der Waals surface area contributed by atoms with E-state index < -0.39 is 5.60 Å². The number of benzene rings is 1. The summed E-state index contributed by atoms with van der Waals surface area (Å²) in [7, 11) is 0. The van der Waals surface area contributed by atoms with Gasteiger partial charge in [-0.05, 0) is 29.2 Å². The Morgan fingerprint density at radius 1 is 1.40 bits per heavy atom. The Bertz CT molecular complexity index is 333. The molecule has 1 aromatic carbocycles. The molecule has 1 nitrogen and oxygen atoms in total. The minimum absolute atomic E-state index is 0.356. The second-order valence-corrected chi connectivity index (χ2v) is 5.42. The summed E-state index contributed by atoms with van der Waals surface area (Å²) in [5.74, 6) is 2.25. The van der Waals surface area contributed by atoms with E-state index in [1.807, 2.05) is 11.8 Å². The second kappa shape index (κ2) is 4.18. The molecule has 15 heavy (non-hydrogen) atoms. The first kappa shape index (κ1) is 11.0. The van der Waals surface area contributed by atoms with Crippen molar-refractivity contribution in [2.24, 2.45) is 5.92 Å². The van der Waals surface area contributed by atoms with Gasteiger partial charge < -0.3 is 5.11 Å². The third kappa shape index (κ3) is 1.93. The van der Waals surface area contributed by atoms with E-state index in [1.165, 1.54) is 5.56 Å². The summed E-state index contributed by atoms with van der Waals surface area (Å²) in [6.45, 7) is 4.28. The Morgan fingerprint density at radius 2 is 2.07 bits per heavy atom. The summed E-state index contributed by atoms with van der Waals surface area (Å²) in [6.07, 6.45) is 1.06. The molecule has 0 unspecified atom stereocenters. The lowest BCUT2D eigenvalue weighted by molar-refractivity contribution is 0.0234. The molecule has 0 spiro atoms. The fourth-order valence-corrected chi connectivity index (χ4v) is 3.58. The Kier molecular flexibility index (Phi) is 3.08. The minimum atomic E-state index is -0.600. The Morgan fingerprint density at radius 3 is 2.53 bits per heavy atom. The molecule has 0 saturated carbocycles. The molecule has 1 N–H and O–H groups in total. The number of thioether (sulfide) groups is 1. The van der Waals surface area contributed by atoms with Gasteiger partial charge in [0.05, 0.1) is 0 Å². The molecule has 0 bridgehead atoms. The second-order valence-electron chi connectivity index (χ2n) is 4.39. The van der Waals surface area contributed by atoms with Gasteiger partial charge in [0.2, 0.25) is 0 Å². The number of hydrogen-bond donors (Lipinski definition) is 1. The van der Waals surface area contributed by atoms with Crippen molar-refractivity contribution >= 4 is 11.8 Å². The number of hydrogen-bond acceptors (Lipinski definition) is 2. The quantitative estimate of drug-likeness (QED) is 0.830. The van der Waals surface area contributed by atoms with E-state index in [0.717, 1.165) is 23.5 Å². The van der Waals surface area contributed by atoms with Crippen LogP contribution in [0.1, 0.15) is 25.0 Å². The highest BCUT2D eigenvalue weighted by atomic mass is 32.2. The van der Waals surface area contributed by atoms with Gasteiger partial charge in [-0.3, -0.25) is 0 Å². The summed E-state index contributed by atoms with van der Waals surface area (Å²) in [5, 5.41) is 10.6. The maximum Gasteiger partial charge on any atom is 0.102 e. The van der Waals surface area contributed by atoms with Gasteiger partial charge in [0.15, 0.2) is 0 Å². The van der Waals surface area contributed by atoms with Crippen molar-refractivity contribution in [3.8, 4) is 0 Å². The highest BCUT2D eigenvalue weighted by Gasteiger charge is 2.40. The van der Waals surface area contributed by atoms with Crippen LogP contribution in [-0.4, -0.2) is 16.6 Å². The molecular weight excluding hydrogens is 204 g/mol. The van der Waals surface area contributed by atoms with E-state index in [0.29, 0.717) is 5.92 Å². The van der Waals surface area contributed by atoms with Crippen LogP contribution in [0.3, 0.4) is 0 Å². The Balaban J connectivity index is 2.28. The summed E-state index contributed by atoms with van der Waals surface area (Å²) in [4.78, 5) is 0. The van der Waals surface area contributed by atoms with Gasteiger partial charge in [0.1, 0.15) is 5.60 Å². The molecule has 0 amide bonds. The first-order chi connectivity index (χ1) is 7.16. The Hall–Kier alpha value is -0.470. The lowest BCUT2D eigenvalue weighted by atomic mass is 9.85. The van der Waals surface area contributed by atoms with Crippen LogP contribution < -0.4 is 0 Å². The largest absolute Gasteiger partial charge is 0.384 e. The molecule has 1 aliphatic rings. The maximum atomic E-state index is 10.6. The van der Waals surface area contributed by atoms with E-state index in [1.54, 1.807) is 0 Å². The topological polar surface area (TPSA) is 20.2 Å². The SMILES string of the molecule is CCc1ccc([C@@]2(O)CSC[C@@H]2C)cc1. The van der Waals surface area contributed by atoms with Gasteiger partial charge >= 0.3 is 0 Å². The van der Waals surface area contributed by atoms with E-state index in [2.05, 4.69) is 38.1 Å². The van der Waals surface area contributed by atoms with E-state index in [-0.39, 0.29) is 0 Å². The van der Waals surface area contributed by atoms with Gasteiger partial charge in [-0.1, -0.05) is 38.1 Å². The number of aryl methyl sites for hydroxylation is 1. The van der Waals surface area contributed by atoms with Crippen LogP contribution in [0, 0.1) is 5.92 Å². The molecule has 1 fully saturated rings. The number of aliphatic hydroxyl groups is 1. The first-order valence-electron chi connectivity index (χ1n) is 5.56. The van der Waals surface area contributed by atoms with Crippen LogP contribution >= 0.6 is 11.8 Å². The molecule has 0 aliphatic carbocycles. The summed E-state index contributed by atoms with van der Waals surface area (Å²) < 4.78 is 0. The third-order valence-electron chi connectivity index (χ3n) is 3.37. The predicted molar refractivity (Wildman–Crippen MR) is 66.2 cm³/mol. The van der Waals surface area contributed by atoms with Crippen LogP contribution in [-0.2, 0) is 12.0 Å². The van der Waals surface area contributed by atoms with Crippen molar-refractivity contribution < 1.29 is 5.11 Å². The molecule has 2 heteroatoms. The zero-order valence-electron chi connectivity index (χ0n) is 9.36. The monoisotopic (exact) mass is 222 g/mol. The van der Waals surface area contributed by atoms with E-state index in [4.69, 9.17) is 0 Å². The van der Waals surface area contributed by atoms with Crippen molar-refractivity contribution in [2.75, 3.05) is 11.5 Å². The zero-order chi connectivity index (χ0) is 10.9. The third-order valence-corrected chi connectivity index (χ3v) is 4.75. The van der Waals surface area contributed by atoms with Crippen molar-refractivity contribution in [3.05, 3.63) is 35.4 Å². The summed E-state index contributed by atoms with van der Waals surface area (Å²) in [5.41, 5.74) is 1.81. The molecule has 1 aromatic rings. The summed E-state index contributed by atoms with van der Waals surface area (Å²) >= 11 is 1.84. The normalized spacial score (nSPS) is 30.7. The van der Waals surface area contributed by atoms with Crippen molar-refractivity contribution in [2.45, 2.75) is 25.9 Å². The highest BCUT2D eigenvalue weighted by Crippen LogP contribution is 2.41. The lowest BCUT2D eigenvalue weighted by Crippen LogP contribution is -2.32. The van der Waals surface area contributed by atoms with E-state index >= 15 is 0 Å². The minimum Gasteiger partial charge on any atom is -0.384 e. The van der Waals surface area contributed by atoms with E-state index in [9.17, 15) is 5.11 Å². The fraction of sp³-hybridized carbons (Fsp3) is 0.538. The number of rotatable bonds is 2. The molecule has 2 rings (SSSR count). The van der Waals surface area contributed by atoms with Gasteiger partial charge in [-0.15, -0.1) is 0 Å². The average Bonchev–Trinajstić information content (AvgIpc) is 2.61. The fourth-order valence-electron chi connectivity index (χ4n) is 2.07. The van der Waals surface area contributed by atoms with Crippen molar-refractivity contribution in [3.63, 3.8) is 0 Å². The standard InChI is InChI=1S/C13H18OS/c1-3-11-4-6-12(7-5-11)13(14)9-15-8-10(13)2/h4-7,10,14H,3,8-9H2,1-2H3/t10-,13+/m0/s1.